The van der Waals surface area contributed by atoms with Crippen LogP contribution in [0.25, 0.3) is 0 Å². The number of piperidine rings is 1. The van der Waals surface area contributed by atoms with E-state index in [-0.39, 0.29) is 17.9 Å². The van der Waals surface area contributed by atoms with Crippen LogP contribution in [0.15, 0.2) is 35.1 Å². The summed E-state index contributed by atoms with van der Waals surface area (Å²) in [5, 5.41) is 2.86. The Labute approximate surface area is 146 Å². The Bertz CT molecular complexity index is 733. The van der Waals surface area contributed by atoms with Crippen molar-refractivity contribution >= 4 is 11.7 Å². The van der Waals surface area contributed by atoms with Crippen LogP contribution in [0.4, 0.5) is 5.82 Å². The van der Waals surface area contributed by atoms with E-state index in [9.17, 15) is 4.79 Å². The van der Waals surface area contributed by atoms with Gasteiger partial charge in [0, 0.05) is 31.6 Å². The molecule has 0 unspecified atom stereocenters. The van der Waals surface area contributed by atoms with Crippen molar-refractivity contribution in [3.05, 3.63) is 42.2 Å². The second kappa shape index (κ2) is 6.93. The van der Waals surface area contributed by atoms with Gasteiger partial charge in [-0.05, 0) is 31.9 Å². The number of fused-ring (bicyclic) bond motifs is 1. The van der Waals surface area contributed by atoms with Crippen molar-refractivity contribution in [2.45, 2.75) is 38.5 Å². The van der Waals surface area contributed by atoms with Gasteiger partial charge < -0.3 is 14.5 Å². The fourth-order valence-electron chi connectivity index (χ4n) is 3.79. The van der Waals surface area contributed by atoms with Crippen molar-refractivity contribution in [1.82, 2.24) is 14.9 Å². The second-order valence-electron chi connectivity index (χ2n) is 6.72. The molecule has 2 aliphatic rings. The van der Waals surface area contributed by atoms with Crippen molar-refractivity contribution in [2.75, 3.05) is 18.5 Å². The minimum atomic E-state index is -0.141. The lowest BCUT2D eigenvalue weighted by molar-refractivity contribution is -0.124. The third kappa shape index (κ3) is 3.57. The zero-order valence-electron chi connectivity index (χ0n) is 14.2. The Morgan fingerprint density at radius 3 is 3.08 bits per heavy atom. The molecule has 2 aliphatic heterocycles. The molecule has 1 N–H and O–H groups in total. The summed E-state index contributed by atoms with van der Waals surface area (Å²) >= 11 is 0. The highest BCUT2D eigenvalue weighted by molar-refractivity contribution is 5.91. The van der Waals surface area contributed by atoms with Crippen molar-refractivity contribution in [3.8, 4) is 0 Å². The van der Waals surface area contributed by atoms with Gasteiger partial charge in [-0.25, -0.2) is 4.98 Å². The lowest BCUT2D eigenvalue weighted by Gasteiger charge is -2.39. The molecular formula is C18H22N4O3. The number of amides is 1. The summed E-state index contributed by atoms with van der Waals surface area (Å²) in [4.78, 5) is 23.1. The molecule has 7 heteroatoms. The number of nitrogens with zero attached hydrogens (tertiary/aromatic N) is 3. The maximum atomic E-state index is 12.7. The molecule has 2 aromatic heterocycles. The smallest absolute Gasteiger partial charge is 0.230 e. The number of hydrogen-bond acceptors (Lipinski definition) is 6. The first-order valence-electron chi connectivity index (χ1n) is 8.67. The van der Waals surface area contributed by atoms with Crippen LogP contribution < -0.4 is 5.32 Å². The Hall–Kier alpha value is -2.25. The summed E-state index contributed by atoms with van der Waals surface area (Å²) in [7, 11) is 0. The highest BCUT2D eigenvalue weighted by Crippen LogP contribution is 2.33. The Kier molecular flexibility index (Phi) is 4.50. The summed E-state index contributed by atoms with van der Waals surface area (Å²) in [6.45, 7) is 4.09. The molecular weight excluding hydrogens is 320 g/mol. The highest BCUT2D eigenvalue weighted by atomic mass is 16.5. The van der Waals surface area contributed by atoms with Gasteiger partial charge in [-0.2, -0.15) is 0 Å². The van der Waals surface area contributed by atoms with Crippen LogP contribution in [-0.4, -0.2) is 46.1 Å². The number of rotatable bonds is 4. The molecule has 7 nitrogen and oxygen atoms in total. The number of furan rings is 1. The third-order valence-corrected chi connectivity index (χ3v) is 4.96. The third-order valence-electron chi connectivity index (χ3n) is 4.96. The van der Waals surface area contributed by atoms with E-state index >= 15 is 0 Å². The van der Waals surface area contributed by atoms with Crippen molar-refractivity contribution < 1.29 is 13.9 Å². The van der Waals surface area contributed by atoms with E-state index in [1.54, 1.807) is 18.6 Å². The lowest BCUT2D eigenvalue weighted by atomic mass is 9.89. The van der Waals surface area contributed by atoms with E-state index in [1.807, 2.05) is 19.1 Å². The molecule has 2 saturated heterocycles. The molecule has 0 spiro atoms. The summed E-state index contributed by atoms with van der Waals surface area (Å²) < 4.78 is 11.6. The van der Waals surface area contributed by atoms with Crippen LogP contribution in [0, 0.1) is 12.8 Å². The van der Waals surface area contributed by atoms with E-state index in [4.69, 9.17) is 9.15 Å². The second-order valence-corrected chi connectivity index (χ2v) is 6.72. The van der Waals surface area contributed by atoms with Crippen LogP contribution in [0.2, 0.25) is 0 Å². The van der Waals surface area contributed by atoms with Crippen molar-refractivity contribution in [1.29, 1.82) is 0 Å². The standard InChI is InChI=1S/C18H22N4O3/c1-12-2-3-14(25-12)11-22-10-13(8-16-15(22)4-7-24-16)18(23)21-17-9-19-5-6-20-17/h2-3,5-6,9,13,15-16H,4,7-8,10-11H2,1H3,(H,20,21,23)/t13-,15+,16+/m1/s1. The number of aromatic nitrogens is 2. The minimum absolute atomic E-state index is 0.0323. The summed E-state index contributed by atoms with van der Waals surface area (Å²) in [5.41, 5.74) is 0. The van der Waals surface area contributed by atoms with Gasteiger partial charge in [0.05, 0.1) is 24.8 Å². The van der Waals surface area contributed by atoms with Crippen molar-refractivity contribution in [3.63, 3.8) is 0 Å². The number of carbonyl (C=O) groups excluding carboxylic acids is 1. The topological polar surface area (TPSA) is 80.5 Å². The molecule has 4 heterocycles. The minimum Gasteiger partial charge on any atom is -0.465 e. The monoisotopic (exact) mass is 342 g/mol. The summed E-state index contributed by atoms with van der Waals surface area (Å²) in [6.07, 6.45) is 6.55. The molecule has 0 aliphatic carbocycles. The molecule has 2 aromatic rings. The molecule has 1 amide bonds. The quantitative estimate of drug-likeness (QED) is 0.915. The largest absolute Gasteiger partial charge is 0.465 e. The fraction of sp³-hybridized carbons (Fsp3) is 0.500. The average molecular weight is 342 g/mol. The number of aryl methyl sites for hydroxylation is 1. The van der Waals surface area contributed by atoms with Gasteiger partial charge in [0.25, 0.3) is 0 Å². The number of carbonyl (C=O) groups is 1. The van der Waals surface area contributed by atoms with Crippen LogP contribution >= 0.6 is 0 Å². The van der Waals surface area contributed by atoms with E-state index in [1.165, 1.54) is 0 Å². The maximum Gasteiger partial charge on any atom is 0.230 e. The molecule has 132 valence electrons. The van der Waals surface area contributed by atoms with E-state index < -0.39 is 0 Å². The fourth-order valence-corrected chi connectivity index (χ4v) is 3.79. The molecule has 0 aromatic carbocycles. The van der Waals surface area contributed by atoms with Crippen LogP contribution in [0.5, 0.6) is 0 Å². The zero-order chi connectivity index (χ0) is 17.2. The van der Waals surface area contributed by atoms with Gasteiger partial charge in [-0.1, -0.05) is 0 Å². The van der Waals surface area contributed by atoms with Gasteiger partial charge >= 0.3 is 0 Å². The molecule has 0 radical (unpaired) electrons. The summed E-state index contributed by atoms with van der Waals surface area (Å²) in [6, 6.07) is 4.33. The number of hydrogen-bond donors (Lipinski definition) is 1. The van der Waals surface area contributed by atoms with Crippen LogP contribution in [-0.2, 0) is 16.1 Å². The van der Waals surface area contributed by atoms with E-state index in [2.05, 4.69) is 20.2 Å². The Morgan fingerprint density at radius 2 is 2.32 bits per heavy atom. The van der Waals surface area contributed by atoms with Crippen molar-refractivity contribution in [2.24, 2.45) is 5.92 Å². The molecule has 25 heavy (non-hydrogen) atoms. The number of anilines is 1. The maximum absolute atomic E-state index is 12.7. The summed E-state index contributed by atoms with van der Waals surface area (Å²) in [5.74, 6) is 2.14. The first-order chi connectivity index (χ1) is 12.2. The molecule has 3 atom stereocenters. The highest BCUT2D eigenvalue weighted by Gasteiger charge is 2.42. The van der Waals surface area contributed by atoms with Gasteiger partial charge in [0.2, 0.25) is 5.91 Å². The van der Waals surface area contributed by atoms with E-state index in [0.29, 0.717) is 24.9 Å². The number of nitrogens with one attached hydrogen (secondary N) is 1. The van der Waals surface area contributed by atoms with E-state index in [0.717, 1.165) is 31.0 Å². The number of likely N-dealkylation sites (tertiary alicyclic amines) is 1. The van der Waals surface area contributed by atoms with Gasteiger partial charge in [-0.3, -0.25) is 14.7 Å². The SMILES string of the molecule is Cc1ccc(CN2C[C@H](C(=O)Nc3cnccn3)C[C@@H]3OCC[C@@H]32)o1. The normalized spacial score (nSPS) is 26.4. The van der Waals surface area contributed by atoms with Gasteiger partial charge in [-0.15, -0.1) is 0 Å². The van der Waals surface area contributed by atoms with Crippen LogP contribution in [0.3, 0.4) is 0 Å². The molecule has 0 bridgehead atoms. The Balaban J connectivity index is 1.46. The Morgan fingerprint density at radius 1 is 1.40 bits per heavy atom. The average Bonchev–Trinajstić information content (AvgIpc) is 3.24. The first-order valence-corrected chi connectivity index (χ1v) is 8.67. The first kappa shape index (κ1) is 16.2. The predicted molar refractivity (Wildman–Crippen MR) is 90.8 cm³/mol. The van der Waals surface area contributed by atoms with Gasteiger partial charge in [0.15, 0.2) is 5.82 Å². The zero-order valence-corrected chi connectivity index (χ0v) is 14.2. The number of ether oxygens (including phenoxy) is 1. The molecule has 2 fully saturated rings. The molecule has 0 saturated carbocycles. The lowest BCUT2D eigenvalue weighted by Crippen LogP contribution is -2.51. The van der Waals surface area contributed by atoms with Gasteiger partial charge in [0.1, 0.15) is 11.5 Å². The predicted octanol–water partition coefficient (Wildman–Crippen LogP) is 2.00. The van der Waals surface area contributed by atoms with Crippen LogP contribution in [0.1, 0.15) is 24.4 Å². The molecule has 4 rings (SSSR count).